The highest BCUT2D eigenvalue weighted by Gasteiger charge is 2.21. The fourth-order valence-corrected chi connectivity index (χ4v) is 4.84. The van der Waals surface area contributed by atoms with Crippen molar-refractivity contribution in [2.45, 2.75) is 0 Å². The molecule has 0 aliphatic rings. The van der Waals surface area contributed by atoms with Crippen LogP contribution in [0.3, 0.4) is 0 Å². The Balaban J connectivity index is 1.38. The fraction of sp³-hybridized carbons (Fsp3) is 0. The third-order valence-corrected chi connectivity index (χ3v) is 6.93. The van der Waals surface area contributed by atoms with Crippen LogP contribution in [-0.2, 0) is 0 Å². The predicted molar refractivity (Wildman–Crippen MR) is 174 cm³/mol. The Hall–Kier alpha value is -6.35. The van der Waals surface area contributed by atoms with Crippen LogP contribution in [0.1, 0.15) is 0 Å². The molecule has 0 N–H and O–H groups in total. The molecule has 0 atom stereocenters. The second kappa shape index (κ2) is 12.3. The molecule has 0 radical (unpaired) electrons. The van der Waals surface area contributed by atoms with Crippen molar-refractivity contribution >= 4 is 56.2 Å². The van der Waals surface area contributed by atoms with Gasteiger partial charge < -0.3 is 0 Å². The van der Waals surface area contributed by atoms with Crippen molar-refractivity contribution in [3.8, 4) is 0 Å². The summed E-state index contributed by atoms with van der Waals surface area (Å²) in [7, 11) is 0. The maximum Gasteiger partial charge on any atom is 0.257 e. The number of rotatable bonds is 8. The average Bonchev–Trinajstić information content (AvgIpc) is 3.10. The summed E-state index contributed by atoms with van der Waals surface area (Å²) in [4.78, 5) is 14.0. The summed E-state index contributed by atoms with van der Waals surface area (Å²) in [6, 6.07) is 47.2. The molecular weight excluding hydrogens is 546 g/mol. The summed E-state index contributed by atoms with van der Waals surface area (Å²) < 4.78 is 0. The molecule has 0 aliphatic carbocycles. The molecule has 0 unspecified atom stereocenters. The smallest absolute Gasteiger partial charge is 0.199 e. The van der Waals surface area contributed by atoms with E-state index in [1.54, 1.807) is 10.0 Å². The normalized spacial score (nSPS) is 11.5. The Bertz CT molecular complexity index is 1940. The molecule has 7 aromatic rings. The highest BCUT2D eigenvalue weighted by molar-refractivity contribution is 5.96. The number of fused-ring (bicyclic) bond motifs is 2. The molecule has 0 aliphatic heterocycles. The number of hydrogen-bond acceptors (Lipinski definition) is 7. The van der Waals surface area contributed by atoms with E-state index in [0.717, 1.165) is 32.9 Å². The average molecular weight is 572 g/mol. The molecule has 0 bridgehead atoms. The minimum absolute atomic E-state index is 0.270. The van der Waals surface area contributed by atoms with Crippen molar-refractivity contribution in [3.05, 3.63) is 152 Å². The number of benzene rings is 6. The zero-order chi connectivity index (χ0) is 29.6. The first-order valence-electron chi connectivity index (χ1n) is 14.0. The van der Waals surface area contributed by atoms with Crippen molar-refractivity contribution in [2.75, 3.05) is 10.0 Å². The monoisotopic (exact) mass is 571 g/mol. The van der Waals surface area contributed by atoms with Crippen molar-refractivity contribution in [1.29, 1.82) is 0 Å². The van der Waals surface area contributed by atoms with Gasteiger partial charge in [0, 0.05) is 10.8 Å². The summed E-state index contributed by atoms with van der Waals surface area (Å²) in [5.74, 6) is 0.539. The maximum absolute atomic E-state index is 4.89. The van der Waals surface area contributed by atoms with Gasteiger partial charge >= 0.3 is 0 Å². The van der Waals surface area contributed by atoms with E-state index in [0.29, 0.717) is 11.4 Å². The number of anilines is 4. The van der Waals surface area contributed by atoms with Crippen LogP contribution in [0.15, 0.2) is 173 Å². The lowest BCUT2D eigenvalue weighted by Crippen LogP contribution is -2.17. The van der Waals surface area contributed by atoms with Gasteiger partial charge in [0.25, 0.3) is 11.9 Å². The first-order chi connectivity index (χ1) is 21.8. The van der Waals surface area contributed by atoms with Gasteiger partial charge in [-0.05, 0) is 47.2 Å². The zero-order valence-corrected chi connectivity index (χ0v) is 23.5. The molecular formula is C35H25N9. The minimum Gasteiger partial charge on any atom is -0.199 e. The van der Waals surface area contributed by atoms with Crippen LogP contribution in [0.25, 0.3) is 21.5 Å². The largest absolute Gasteiger partial charge is 0.257 e. The van der Waals surface area contributed by atoms with Crippen LogP contribution in [0.5, 0.6) is 0 Å². The second-order valence-corrected chi connectivity index (χ2v) is 9.76. The minimum atomic E-state index is 0.270. The molecule has 1 heterocycles. The van der Waals surface area contributed by atoms with Crippen LogP contribution in [0.4, 0.5) is 34.6 Å². The van der Waals surface area contributed by atoms with E-state index >= 15 is 0 Å². The number of hydrogen-bond donors (Lipinski definition) is 0. The van der Waals surface area contributed by atoms with E-state index in [9.17, 15) is 0 Å². The Morgan fingerprint density at radius 2 is 0.818 bits per heavy atom. The first-order valence-corrected chi connectivity index (χ1v) is 14.0. The predicted octanol–water partition coefficient (Wildman–Crippen LogP) is 9.85. The SMILES string of the molecule is c1ccc(/N=N/N(c2ncnc(N(/N=N/c3ccccc3)c3cccc4ccccc34)n2)c2cccc3ccccc23)cc1. The summed E-state index contributed by atoms with van der Waals surface area (Å²) in [5.41, 5.74) is 2.92. The molecule has 44 heavy (non-hydrogen) atoms. The fourth-order valence-electron chi connectivity index (χ4n) is 4.84. The van der Waals surface area contributed by atoms with Crippen molar-refractivity contribution < 1.29 is 0 Å². The molecule has 0 saturated carbocycles. The lowest BCUT2D eigenvalue weighted by molar-refractivity contribution is 0.859. The lowest BCUT2D eigenvalue weighted by atomic mass is 10.1. The molecule has 0 saturated heterocycles. The van der Waals surface area contributed by atoms with E-state index in [1.807, 2.05) is 121 Å². The molecule has 6 aromatic carbocycles. The van der Waals surface area contributed by atoms with Crippen LogP contribution in [-0.4, -0.2) is 15.0 Å². The maximum atomic E-state index is 4.89. The van der Waals surface area contributed by atoms with E-state index in [-0.39, 0.29) is 11.9 Å². The standard InChI is InChI=1S/C35H25N9/c1-3-17-28(18-4-1)39-41-43(32-23-11-15-26-13-7-9-21-30(26)32)34-36-25-37-35(38-34)44(42-40-29-19-5-2-6-20-29)33-24-12-16-27-14-8-10-22-31(27)33/h1-25H/b41-39+,42-40+. The first kappa shape index (κ1) is 26.5. The van der Waals surface area contributed by atoms with Gasteiger partial charge in [-0.15, -0.1) is 10.2 Å². The summed E-state index contributed by atoms with van der Waals surface area (Å²) in [6.07, 6.45) is 1.45. The van der Waals surface area contributed by atoms with Crippen molar-refractivity contribution in [2.24, 2.45) is 20.7 Å². The summed E-state index contributed by atoms with van der Waals surface area (Å²) >= 11 is 0. The third kappa shape index (κ3) is 5.57. The molecule has 0 amide bonds. The van der Waals surface area contributed by atoms with Gasteiger partial charge in [-0.3, -0.25) is 0 Å². The molecule has 7 rings (SSSR count). The summed E-state index contributed by atoms with van der Waals surface area (Å²) in [6.45, 7) is 0. The van der Waals surface area contributed by atoms with Gasteiger partial charge in [-0.25, -0.2) is 0 Å². The molecule has 9 heteroatoms. The van der Waals surface area contributed by atoms with E-state index < -0.39 is 0 Å². The van der Waals surface area contributed by atoms with Gasteiger partial charge in [0.1, 0.15) is 6.33 Å². The Kier molecular flexibility index (Phi) is 7.39. The van der Waals surface area contributed by atoms with Gasteiger partial charge in [0.15, 0.2) is 0 Å². The Morgan fingerprint density at radius 1 is 0.409 bits per heavy atom. The van der Waals surface area contributed by atoms with E-state index in [2.05, 4.69) is 54.9 Å². The molecule has 0 spiro atoms. The number of aromatic nitrogens is 3. The molecule has 9 nitrogen and oxygen atoms in total. The second-order valence-electron chi connectivity index (χ2n) is 9.76. The van der Waals surface area contributed by atoms with Crippen molar-refractivity contribution in [3.63, 3.8) is 0 Å². The molecule has 1 aromatic heterocycles. The zero-order valence-electron chi connectivity index (χ0n) is 23.5. The summed E-state index contributed by atoms with van der Waals surface area (Å²) in [5, 5.41) is 25.6. The van der Waals surface area contributed by atoms with Gasteiger partial charge in [-0.1, -0.05) is 120 Å². The topological polar surface area (TPSA) is 94.6 Å². The van der Waals surface area contributed by atoms with Crippen LogP contribution >= 0.6 is 0 Å². The van der Waals surface area contributed by atoms with Crippen LogP contribution < -0.4 is 10.0 Å². The highest BCUT2D eigenvalue weighted by atomic mass is 15.6. The highest BCUT2D eigenvalue weighted by Crippen LogP contribution is 2.35. The third-order valence-electron chi connectivity index (χ3n) is 6.93. The van der Waals surface area contributed by atoms with Gasteiger partial charge in [0.2, 0.25) is 0 Å². The molecule has 0 fully saturated rings. The van der Waals surface area contributed by atoms with Crippen LogP contribution in [0.2, 0.25) is 0 Å². The lowest BCUT2D eigenvalue weighted by Gasteiger charge is -2.21. The van der Waals surface area contributed by atoms with Gasteiger partial charge in [0.05, 0.1) is 22.7 Å². The Labute approximate surface area is 253 Å². The van der Waals surface area contributed by atoms with Crippen molar-refractivity contribution in [1.82, 2.24) is 15.0 Å². The quantitative estimate of drug-likeness (QED) is 0.134. The van der Waals surface area contributed by atoms with Crippen LogP contribution in [0, 0.1) is 0 Å². The molecule has 210 valence electrons. The van der Waals surface area contributed by atoms with Gasteiger partial charge in [-0.2, -0.15) is 25.0 Å². The Morgan fingerprint density at radius 3 is 1.30 bits per heavy atom. The number of nitrogens with zero attached hydrogens (tertiary/aromatic N) is 9. The van der Waals surface area contributed by atoms with E-state index in [1.165, 1.54) is 6.33 Å². The van der Waals surface area contributed by atoms with E-state index in [4.69, 9.17) is 4.98 Å².